The van der Waals surface area contributed by atoms with E-state index in [0.717, 1.165) is 57.8 Å². The third kappa shape index (κ3) is 4.06. The van der Waals surface area contributed by atoms with E-state index >= 15 is 0 Å². The minimum absolute atomic E-state index is 0.00276. The summed E-state index contributed by atoms with van der Waals surface area (Å²) in [5.41, 5.74) is 6.93. The number of carbonyl (C=O) groups excluding carboxylic acids is 1. The average Bonchev–Trinajstić information content (AvgIpc) is 2.78. The van der Waals surface area contributed by atoms with Crippen molar-refractivity contribution in [1.29, 1.82) is 0 Å². The molecule has 0 saturated heterocycles. The van der Waals surface area contributed by atoms with E-state index in [9.17, 15) is 13.6 Å². The van der Waals surface area contributed by atoms with Crippen LogP contribution in [0, 0.1) is 29.1 Å². The number of halogens is 2. The second-order valence-corrected chi connectivity index (χ2v) is 11.3. The quantitative estimate of drug-likeness (QED) is 0.557. The van der Waals surface area contributed by atoms with Crippen molar-refractivity contribution in [3.05, 3.63) is 35.9 Å². The third-order valence-corrected chi connectivity index (χ3v) is 9.28. The highest BCUT2D eigenvalue weighted by molar-refractivity contribution is 5.90. The molecule has 5 aliphatic carbocycles. The van der Waals surface area contributed by atoms with E-state index < -0.39 is 11.8 Å². The lowest BCUT2D eigenvalue weighted by Gasteiger charge is -2.64. The van der Waals surface area contributed by atoms with Gasteiger partial charge in [-0.05, 0) is 98.9 Å². The van der Waals surface area contributed by atoms with Crippen LogP contribution in [-0.2, 0) is 10.2 Å². The number of rotatable bonds is 6. The van der Waals surface area contributed by atoms with Gasteiger partial charge in [-0.25, -0.2) is 13.8 Å². The van der Waals surface area contributed by atoms with Crippen LogP contribution in [0.2, 0.25) is 0 Å². The van der Waals surface area contributed by atoms with Gasteiger partial charge in [-0.15, -0.1) is 0 Å². The predicted octanol–water partition coefficient (Wildman–Crippen LogP) is 5.91. The Morgan fingerprint density at radius 3 is 2.34 bits per heavy atom. The molecule has 2 atom stereocenters. The maximum atomic E-state index is 13.6. The van der Waals surface area contributed by atoms with Crippen molar-refractivity contribution >= 4 is 12.1 Å². The number of amides is 1. The lowest BCUT2D eigenvalue weighted by Crippen LogP contribution is -2.59. The molecule has 5 heteroatoms. The summed E-state index contributed by atoms with van der Waals surface area (Å²) in [5, 5.41) is 0. The average molecular weight is 443 g/mol. The van der Waals surface area contributed by atoms with E-state index in [0.29, 0.717) is 30.1 Å². The van der Waals surface area contributed by atoms with E-state index in [2.05, 4.69) is 29.3 Å². The normalized spacial score (nSPS) is 40.9. The molecule has 0 spiro atoms. The van der Waals surface area contributed by atoms with E-state index in [1.807, 2.05) is 12.3 Å². The Morgan fingerprint density at radius 2 is 1.72 bits per heavy atom. The monoisotopic (exact) mass is 442 g/mol. The second kappa shape index (κ2) is 8.62. The van der Waals surface area contributed by atoms with Crippen LogP contribution in [0.1, 0.15) is 76.2 Å². The molecule has 32 heavy (non-hydrogen) atoms. The standard InChI is InChI=1S/C27H36F2N2O/c28-24(29)11-10-23-19-12-26(21-4-2-1-3-5-21)13-20(23)15-27(14-19,17-26)25(32)31-16-18-6-8-22(30)9-7-18/h1-5,16,18-20,22-24H,6-15,17,30H2. The fraction of sp³-hybridized carbons (Fsp3) is 0.704. The molecule has 0 radical (unpaired) electrons. The molecule has 5 fully saturated rings. The van der Waals surface area contributed by atoms with Gasteiger partial charge in [0.2, 0.25) is 6.43 Å². The molecule has 5 saturated carbocycles. The zero-order chi connectivity index (χ0) is 22.3. The maximum absolute atomic E-state index is 13.6. The van der Waals surface area contributed by atoms with Gasteiger partial charge in [0.15, 0.2) is 0 Å². The number of alkyl halides is 2. The van der Waals surface area contributed by atoms with Crippen LogP contribution < -0.4 is 5.73 Å². The molecule has 0 aromatic heterocycles. The van der Waals surface area contributed by atoms with E-state index in [-0.39, 0.29) is 23.8 Å². The molecule has 174 valence electrons. The Kier molecular flexibility index (Phi) is 5.98. The number of nitrogens with zero attached hydrogens (tertiary/aromatic N) is 1. The second-order valence-electron chi connectivity index (χ2n) is 11.3. The lowest BCUT2D eigenvalue weighted by molar-refractivity contribution is -0.155. The Bertz CT molecular complexity index is 830. The highest BCUT2D eigenvalue weighted by Gasteiger charge is 2.63. The number of aliphatic imine (C=N–C) groups is 1. The number of hydrogen-bond donors (Lipinski definition) is 1. The molecule has 0 heterocycles. The minimum atomic E-state index is -2.24. The Hall–Kier alpha value is -1.62. The Labute approximate surface area is 190 Å². The van der Waals surface area contributed by atoms with Crippen molar-refractivity contribution in [2.45, 2.75) is 88.5 Å². The molecule has 4 bridgehead atoms. The molecule has 6 rings (SSSR count). The van der Waals surface area contributed by atoms with Crippen molar-refractivity contribution in [1.82, 2.24) is 0 Å². The fourth-order valence-electron chi connectivity index (χ4n) is 8.02. The van der Waals surface area contributed by atoms with Crippen molar-refractivity contribution in [3.63, 3.8) is 0 Å². The summed E-state index contributed by atoms with van der Waals surface area (Å²) < 4.78 is 26.0. The van der Waals surface area contributed by atoms with Gasteiger partial charge in [0.1, 0.15) is 0 Å². The summed E-state index contributed by atoms with van der Waals surface area (Å²) >= 11 is 0. The van der Waals surface area contributed by atoms with E-state index in [1.165, 1.54) is 5.56 Å². The van der Waals surface area contributed by atoms with Crippen LogP contribution in [-0.4, -0.2) is 24.6 Å². The van der Waals surface area contributed by atoms with Crippen molar-refractivity contribution in [3.8, 4) is 0 Å². The molecule has 3 nitrogen and oxygen atoms in total. The van der Waals surface area contributed by atoms with Crippen LogP contribution in [0.25, 0.3) is 0 Å². The first-order valence-electron chi connectivity index (χ1n) is 12.6. The van der Waals surface area contributed by atoms with Crippen LogP contribution in [0.4, 0.5) is 8.78 Å². The molecule has 1 aromatic carbocycles. The Balaban J connectivity index is 1.40. The largest absolute Gasteiger partial charge is 0.328 e. The van der Waals surface area contributed by atoms with Crippen LogP contribution in [0.15, 0.2) is 35.3 Å². The summed E-state index contributed by atoms with van der Waals surface area (Å²) in [5.74, 6) is 1.43. The van der Waals surface area contributed by atoms with Crippen LogP contribution >= 0.6 is 0 Å². The topological polar surface area (TPSA) is 55.4 Å². The molecule has 1 amide bonds. The summed E-state index contributed by atoms with van der Waals surface area (Å²) in [6.07, 6.45) is 8.87. The van der Waals surface area contributed by atoms with E-state index in [4.69, 9.17) is 5.73 Å². The first-order valence-corrected chi connectivity index (χ1v) is 12.6. The van der Waals surface area contributed by atoms with Gasteiger partial charge in [-0.1, -0.05) is 30.3 Å². The van der Waals surface area contributed by atoms with Gasteiger partial charge in [-0.2, -0.15) is 0 Å². The van der Waals surface area contributed by atoms with Gasteiger partial charge in [0.25, 0.3) is 5.91 Å². The maximum Gasteiger partial charge on any atom is 0.251 e. The van der Waals surface area contributed by atoms with Gasteiger partial charge in [0, 0.05) is 18.7 Å². The molecule has 0 aliphatic heterocycles. The smallest absolute Gasteiger partial charge is 0.251 e. The first-order chi connectivity index (χ1) is 15.4. The highest BCUT2D eigenvalue weighted by atomic mass is 19.3. The van der Waals surface area contributed by atoms with Crippen LogP contribution in [0.5, 0.6) is 0 Å². The number of nitrogens with two attached hydrogens (primary N) is 1. The predicted molar refractivity (Wildman–Crippen MR) is 123 cm³/mol. The number of carbonyl (C=O) groups is 1. The molecule has 2 N–H and O–H groups in total. The van der Waals surface area contributed by atoms with Gasteiger partial charge in [-0.3, -0.25) is 4.79 Å². The molecular formula is C27H36F2N2O. The summed E-state index contributed by atoms with van der Waals surface area (Å²) in [4.78, 5) is 18.2. The summed E-state index contributed by atoms with van der Waals surface area (Å²) in [7, 11) is 0. The number of hydrogen-bond acceptors (Lipinski definition) is 2. The highest BCUT2D eigenvalue weighted by Crippen LogP contribution is 2.68. The van der Waals surface area contributed by atoms with Crippen molar-refractivity contribution in [2.24, 2.45) is 39.8 Å². The first kappa shape index (κ1) is 22.2. The van der Waals surface area contributed by atoms with E-state index in [1.54, 1.807) is 0 Å². The number of benzene rings is 1. The summed E-state index contributed by atoms with van der Waals surface area (Å²) in [6.45, 7) is 0. The van der Waals surface area contributed by atoms with Gasteiger partial charge >= 0.3 is 0 Å². The molecular weight excluding hydrogens is 406 g/mol. The molecule has 1 aromatic rings. The van der Waals surface area contributed by atoms with Gasteiger partial charge < -0.3 is 5.73 Å². The van der Waals surface area contributed by atoms with Gasteiger partial charge in [0.05, 0.1) is 5.41 Å². The zero-order valence-electron chi connectivity index (χ0n) is 18.9. The van der Waals surface area contributed by atoms with Crippen molar-refractivity contribution in [2.75, 3.05) is 0 Å². The lowest BCUT2D eigenvalue weighted by atomic mass is 9.39. The Morgan fingerprint density at radius 1 is 1.06 bits per heavy atom. The minimum Gasteiger partial charge on any atom is -0.328 e. The SMILES string of the molecule is NC1CCC(C=NC(=O)C23CC4CC(c5ccccc5)(CC(C2)C4CCC(F)F)C3)CC1. The summed E-state index contributed by atoms with van der Waals surface area (Å²) in [6, 6.07) is 10.9. The van der Waals surface area contributed by atoms with Crippen molar-refractivity contribution < 1.29 is 13.6 Å². The molecule has 5 aliphatic rings. The fourth-order valence-corrected chi connectivity index (χ4v) is 8.02. The third-order valence-electron chi connectivity index (χ3n) is 9.28. The van der Waals surface area contributed by atoms with Crippen LogP contribution in [0.3, 0.4) is 0 Å². The zero-order valence-corrected chi connectivity index (χ0v) is 18.9. The molecule has 2 unspecified atom stereocenters.